The molecule has 4 bridgehead atoms. The first-order chi connectivity index (χ1) is 16.5. The van der Waals surface area contributed by atoms with Crippen LogP contribution in [0.2, 0.25) is 0 Å². The first-order valence-corrected chi connectivity index (χ1v) is 13.3. The Bertz CT molecular complexity index is 1130. The number of likely N-dealkylation sites (N-methyl/N-ethyl adjacent to an activating group) is 1. The van der Waals surface area contributed by atoms with Gasteiger partial charge in [0.25, 0.3) is 0 Å². The van der Waals surface area contributed by atoms with Gasteiger partial charge in [0, 0.05) is 48.5 Å². The quantitative estimate of drug-likeness (QED) is 0.732. The highest BCUT2D eigenvalue weighted by Gasteiger charge is 2.76. The molecule has 6 heteroatoms. The summed E-state index contributed by atoms with van der Waals surface area (Å²) in [5.74, 6) is 2.68. The third-order valence-electron chi connectivity index (χ3n) is 10.5. The second-order valence-electron chi connectivity index (χ2n) is 11.8. The van der Waals surface area contributed by atoms with Gasteiger partial charge in [-0.1, -0.05) is 6.07 Å². The van der Waals surface area contributed by atoms with E-state index in [1.807, 2.05) is 6.07 Å². The molecule has 2 aromatic rings. The summed E-state index contributed by atoms with van der Waals surface area (Å²) in [6.07, 6.45) is 6.18. The van der Waals surface area contributed by atoms with Crippen molar-refractivity contribution in [2.24, 2.45) is 17.3 Å². The van der Waals surface area contributed by atoms with Gasteiger partial charge in [-0.05, 0) is 106 Å². The number of phenolic OH excluding ortho intramolecular Hbond substituents is 1. The molecular weight excluding hydrogens is 422 g/mol. The highest BCUT2D eigenvalue weighted by molar-refractivity contribution is 5.53. The lowest BCUT2D eigenvalue weighted by Gasteiger charge is -2.66. The number of hydrogen-bond acceptors (Lipinski definition) is 6. The molecule has 7 rings (SSSR count). The zero-order chi connectivity index (χ0) is 23.2. The Kier molecular flexibility index (Phi) is 4.46. The summed E-state index contributed by atoms with van der Waals surface area (Å²) in [6.45, 7) is 8.61. The highest BCUT2D eigenvalue weighted by atomic mass is 16.3. The van der Waals surface area contributed by atoms with E-state index in [-0.39, 0.29) is 5.41 Å². The van der Waals surface area contributed by atoms with Gasteiger partial charge in [-0.15, -0.1) is 0 Å². The monoisotopic (exact) mass is 459 g/mol. The van der Waals surface area contributed by atoms with Crippen LogP contribution in [-0.4, -0.2) is 65.3 Å². The molecule has 1 aromatic carbocycles. The predicted octanol–water partition coefficient (Wildman–Crippen LogP) is 3.19. The topological polar surface area (TPSA) is 64.5 Å². The average Bonchev–Trinajstić information content (AvgIpc) is 3.25. The average molecular weight is 460 g/mol. The maximum atomic E-state index is 10.6. The first kappa shape index (κ1) is 21.1. The van der Waals surface area contributed by atoms with Gasteiger partial charge >= 0.3 is 0 Å². The molecule has 0 spiro atoms. The zero-order valence-electron chi connectivity index (χ0n) is 20.7. The van der Waals surface area contributed by atoms with Crippen LogP contribution in [0.4, 0.5) is 5.95 Å². The normalized spacial score (nSPS) is 37.6. The van der Waals surface area contributed by atoms with Gasteiger partial charge in [-0.25, -0.2) is 9.97 Å². The SMILES string of the molecule is CNCCN1CC[C@@]23c4cc(O)ccc4C[C@@H]1[C@]21CC[C@@H]2[C@H]3[C@@H](CN2c2nc(C)cc(C)n2)C1. The highest BCUT2D eigenvalue weighted by Crippen LogP contribution is 2.75. The number of rotatable bonds is 4. The second kappa shape index (κ2) is 7.17. The summed E-state index contributed by atoms with van der Waals surface area (Å²) >= 11 is 0. The number of nitrogens with one attached hydrogen (secondary N) is 1. The molecule has 3 aliphatic carbocycles. The van der Waals surface area contributed by atoms with Gasteiger partial charge in [0.05, 0.1) is 0 Å². The Hall–Kier alpha value is -2.18. The molecule has 6 atom stereocenters. The van der Waals surface area contributed by atoms with Gasteiger partial charge in [0.2, 0.25) is 5.95 Å². The number of phenols is 1. The van der Waals surface area contributed by atoms with Crippen molar-refractivity contribution in [1.82, 2.24) is 20.2 Å². The predicted molar refractivity (Wildman–Crippen MR) is 133 cm³/mol. The molecular formula is C28H37N5O. The summed E-state index contributed by atoms with van der Waals surface area (Å²) < 4.78 is 0. The molecule has 3 heterocycles. The van der Waals surface area contributed by atoms with Crippen molar-refractivity contribution in [3.63, 3.8) is 0 Å². The van der Waals surface area contributed by atoms with Gasteiger partial charge in [-0.2, -0.15) is 0 Å². The maximum absolute atomic E-state index is 10.6. The van der Waals surface area contributed by atoms with E-state index >= 15 is 0 Å². The van der Waals surface area contributed by atoms with Crippen LogP contribution in [0.1, 0.15) is 48.2 Å². The van der Waals surface area contributed by atoms with Crippen LogP contribution in [0.5, 0.6) is 5.75 Å². The summed E-state index contributed by atoms with van der Waals surface area (Å²) in [5.41, 5.74) is 5.59. The van der Waals surface area contributed by atoms with E-state index in [2.05, 4.69) is 54.2 Å². The van der Waals surface area contributed by atoms with Crippen molar-refractivity contribution in [3.8, 4) is 5.75 Å². The van der Waals surface area contributed by atoms with Crippen LogP contribution >= 0.6 is 0 Å². The van der Waals surface area contributed by atoms with E-state index in [1.54, 1.807) is 0 Å². The number of aryl methyl sites for hydroxylation is 2. The molecule has 180 valence electrons. The number of piperidine rings is 1. The Labute approximate surface area is 202 Å². The van der Waals surface area contributed by atoms with Gasteiger partial charge in [-0.3, -0.25) is 4.90 Å². The fraction of sp³-hybridized carbons (Fsp3) is 0.643. The molecule has 0 unspecified atom stereocenters. The van der Waals surface area contributed by atoms with Crippen LogP contribution < -0.4 is 10.2 Å². The number of likely N-dealkylation sites (tertiary alicyclic amines) is 1. The summed E-state index contributed by atoms with van der Waals surface area (Å²) in [7, 11) is 2.07. The van der Waals surface area contributed by atoms with E-state index in [4.69, 9.17) is 9.97 Å². The minimum absolute atomic E-state index is 0.168. The van der Waals surface area contributed by atoms with E-state index in [0.29, 0.717) is 35.1 Å². The van der Waals surface area contributed by atoms with Gasteiger partial charge in [0.15, 0.2) is 0 Å². The molecule has 6 nitrogen and oxygen atoms in total. The van der Waals surface area contributed by atoms with Crippen molar-refractivity contribution < 1.29 is 5.11 Å². The second-order valence-corrected chi connectivity index (χ2v) is 11.8. The summed E-state index contributed by atoms with van der Waals surface area (Å²) in [5, 5.41) is 14.0. The lowest BCUT2D eigenvalue weighted by Crippen LogP contribution is -2.70. The first-order valence-electron chi connectivity index (χ1n) is 13.3. The van der Waals surface area contributed by atoms with Crippen molar-refractivity contribution in [1.29, 1.82) is 0 Å². The maximum Gasteiger partial charge on any atom is 0.226 e. The molecule has 4 fully saturated rings. The largest absolute Gasteiger partial charge is 0.508 e. The number of benzene rings is 1. The summed E-state index contributed by atoms with van der Waals surface area (Å²) in [6, 6.07) is 9.50. The number of anilines is 1. The molecule has 0 radical (unpaired) electrons. The van der Waals surface area contributed by atoms with Gasteiger partial charge in [0.1, 0.15) is 5.75 Å². The van der Waals surface area contributed by atoms with Crippen LogP contribution in [0.25, 0.3) is 0 Å². The lowest BCUT2D eigenvalue weighted by molar-refractivity contribution is -0.0902. The number of aromatic nitrogens is 2. The van der Waals surface area contributed by atoms with E-state index in [9.17, 15) is 5.11 Å². The minimum atomic E-state index is 0.168. The van der Waals surface area contributed by atoms with Crippen molar-refractivity contribution >= 4 is 5.95 Å². The number of aromatic hydroxyl groups is 1. The number of nitrogens with zero attached hydrogens (tertiary/aromatic N) is 4. The van der Waals surface area contributed by atoms with E-state index in [0.717, 1.165) is 43.4 Å². The Morgan fingerprint density at radius 1 is 1.15 bits per heavy atom. The molecule has 2 saturated heterocycles. The molecule has 2 aliphatic heterocycles. The van der Waals surface area contributed by atoms with Gasteiger partial charge < -0.3 is 15.3 Å². The Balaban J connectivity index is 1.37. The zero-order valence-corrected chi connectivity index (χ0v) is 20.7. The standard InChI is InChI=1S/C28H37N5O/c1-17-12-18(2)31-26(30-17)33-16-20-15-27-7-6-23(33)25(20)28(27)8-10-32(11-9-29-3)24(27)13-19-4-5-21(34)14-22(19)28/h4-5,12,14,20,23-25,29,34H,6-11,13,15-16H2,1-3H3/t20-,23-,24-,25-,27-,28+/m1/s1. The van der Waals surface area contributed by atoms with Crippen LogP contribution in [0.15, 0.2) is 24.3 Å². The van der Waals surface area contributed by atoms with Crippen molar-refractivity contribution in [2.45, 2.75) is 63.5 Å². The minimum Gasteiger partial charge on any atom is -0.508 e. The number of hydrogen-bond donors (Lipinski definition) is 2. The van der Waals surface area contributed by atoms with Crippen LogP contribution in [0.3, 0.4) is 0 Å². The molecule has 0 amide bonds. The van der Waals surface area contributed by atoms with Crippen LogP contribution in [-0.2, 0) is 11.8 Å². The lowest BCUT2D eigenvalue weighted by atomic mass is 9.43. The van der Waals surface area contributed by atoms with E-state index in [1.165, 1.54) is 43.4 Å². The molecule has 1 aromatic heterocycles. The third-order valence-corrected chi connectivity index (χ3v) is 10.5. The van der Waals surface area contributed by atoms with E-state index < -0.39 is 0 Å². The molecule has 5 aliphatic rings. The Morgan fingerprint density at radius 2 is 1.97 bits per heavy atom. The molecule has 2 N–H and O–H groups in total. The third kappa shape index (κ3) is 2.54. The smallest absolute Gasteiger partial charge is 0.226 e. The number of fused-ring (bicyclic) bond motifs is 1. The van der Waals surface area contributed by atoms with Crippen molar-refractivity contribution in [3.05, 3.63) is 46.8 Å². The molecule has 2 saturated carbocycles. The fourth-order valence-electron chi connectivity index (χ4n) is 9.68. The fourth-order valence-corrected chi connectivity index (χ4v) is 9.68. The summed E-state index contributed by atoms with van der Waals surface area (Å²) in [4.78, 5) is 15.2. The Morgan fingerprint density at radius 3 is 2.76 bits per heavy atom. The van der Waals surface area contributed by atoms with Crippen LogP contribution in [0, 0.1) is 31.1 Å². The molecule has 34 heavy (non-hydrogen) atoms. The van der Waals surface area contributed by atoms with Crippen molar-refractivity contribution in [2.75, 3.05) is 38.1 Å².